The molecule has 2 aromatic rings. The van der Waals surface area contributed by atoms with Crippen LogP contribution in [0.3, 0.4) is 0 Å². The SMILES string of the molecule is CCCCn1c(N)c(N(CC(C)C)C(=O)/C=C/c2ccc(OC)cc2)c(=O)[nH]c1=O. The van der Waals surface area contributed by atoms with Crippen molar-refractivity contribution in [3.8, 4) is 5.75 Å². The molecule has 0 saturated carbocycles. The van der Waals surface area contributed by atoms with Gasteiger partial charge in [-0.25, -0.2) is 4.79 Å². The molecule has 0 aliphatic rings. The molecule has 3 N–H and O–H groups in total. The summed E-state index contributed by atoms with van der Waals surface area (Å²) < 4.78 is 6.44. The number of nitrogen functional groups attached to an aromatic ring is 1. The molecule has 30 heavy (non-hydrogen) atoms. The Bertz CT molecular complexity index is 1000. The molecule has 0 spiro atoms. The van der Waals surface area contributed by atoms with Gasteiger partial charge in [0.25, 0.3) is 11.5 Å². The zero-order valence-electron chi connectivity index (χ0n) is 18.0. The molecule has 1 aromatic carbocycles. The molecular weight excluding hydrogens is 384 g/mol. The van der Waals surface area contributed by atoms with E-state index < -0.39 is 17.2 Å². The van der Waals surface area contributed by atoms with Gasteiger partial charge in [0.1, 0.15) is 11.6 Å². The number of aromatic nitrogens is 2. The number of unbranched alkanes of at least 4 members (excludes halogenated alkanes) is 1. The summed E-state index contributed by atoms with van der Waals surface area (Å²) in [6.07, 6.45) is 4.64. The lowest BCUT2D eigenvalue weighted by molar-refractivity contribution is -0.114. The Morgan fingerprint density at radius 1 is 1.27 bits per heavy atom. The predicted octanol–water partition coefficient (Wildman–Crippen LogP) is 2.63. The van der Waals surface area contributed by atoms with E-state index in [0.29, 0.717) is 12.3 Å². The number of H-pyrrole nitrogens is 1. The van der Waals surface area contributed by atoms with Gasteiger partial charge in [0.2, 0.25) is 0 Å². The van der Waals surface area contributed by atoms with Gasteiger partial charge in [-0.2, -0.15) is 0 Å². The van der Waals surface area contributed by atoms with E-state index in [1.165, 1.54) is 15.5 Å². The van der Waals surface area contributed by atoms with E-state index in [-0.39, 0.29) is 24.0 Å². The number of carbonyl (C=O) groups is 1. The van der Waals surface area contributed by atoms with Crippen LogP contribution in [0.2, 0.25) is 0 Å². The third-order valence-corrected chi connectivity index (χ3v) is 4.57. The summed E-state index contributed by atoms with van der Waals surface area (Å²) in [5.41, 5.74) is 5.76. The van der Waals surface area contributed by atoms with Gasteiger partial charge in [0.15, 0.2) is 5.69 Å². The number of ether oxygens (including phenoxy) is 1. The second-order valence-corrected chi connectivity index (χ2v) is 7.45. The number of carbonyl (C=O) groups excluding carboxylic acids is 1. The quantitative estimate of drug-likeness (QED) is 0.613. The van der Waals surface area contributed by atoms with Crippen LogP contribution in [0, 0.1) is 5.92 Å². The summed E-state index contributed by atoms with van der Waals surface area (Å²) >= 11 is 0. The number of hydrogen-bond donors (Lipinski definition) is 2. The van der Waals surface area contributed by atoms with Crippen molar-refractivity contribution < 1.29 is 9.53 Å². The Kier molecular flexibility index (Phi) is 8.03. The molecule has 0 radical (unpaired) electrons. The molecule has 0 bridgehead atoms. The van der Waals surface area contributed by atoms with Crippen molar-refractivity contribution in [2.24, 2.45) is 5.92 Å². The Labute approximate surface area is 176 Å². The Morgan fingerprint density at radius 3 is 2.50 bits per heavy atom. The van der Waals surface area contributed by atoms with Crippen molar-refractivity contribution in [1.82, 2.24) is 9.55 Å². The molecule has 8 nitrogen and oxygen atoms in total. The number of aromatic amines is 1. The van der Waals surface area contributed by atoms with Crippen molar-refractivity contribution >= 4 is 23.5 Å². The van der Waals surface area contributed by atoms with E-state index in [2.05, 4.69) is 4.98 Å². The van der Waals surface area contributed by atoms with Crippen LogP contribution in [0.5, 0.6) is 5.75 Å². The van der Waals surface area contributed by atoms with Gasteiger partial charge < -0.3 is 15.4 Å². The van der Waals surface area contributed by atoms with E-state index >= 15 is 0 Å². The molecule has 8 heteroatoms. The average molecular weight is 415 g/mol. The van der Waals surface area contributed by atoms with Crippen LogP contribution in [-0.4, -0.2) is 29.1 Å². The number of nitrogens with zero attached hydrogens (tertiary/aromatic N) is 2. The average Bonchev–Trinajstić information content (AvgIpc) is 2.71. The fraction of sp³-hybridized carbons (Fsp3) is 0.409. The minimum absolute atomic E-state index is 0.00350. The van der Waals surface area contributed by atoms with E-state index in [9.17, 15) is 14.4 Å². The number of anilines is 2. The fourth-order valence-electron chi connectivity index (χ4n) is 3.01. The Hall–Kier alpha value is -3.29. The molecule has 0 atom stereocenters. The van der Waals surface area contributed by atoms with Crippen molar-refractivity contribution in [1.29, 1.82) is 0 Å². The molecule has 0 fully saturated rings. The number of benzene rings is 1. The molecule has 0 saturated heterocycles. The maximum absolute atomic E-state index is 13.0. The summed E-state index contributed by atoms with van der Waals surface area (Å²) in [5.74, 6) is 0.410. The number of rotatable bonds is 9. The van der Waals surface area contributed by atoms with Gasteiger partial charge in [-0.3, -0.25) is 19.1 Å². The minimum atomic E-state index is -0.669. The van der Waals surface area contributed by atoms with Crippen LogP contribution >= 0.6 is 0 Å². The van der Waals surface area contributed by atoms with Crippen molar-refractivity contribution in [2.45, 2.75) is 40.2 Å². The zero-order valence-corrected chi connectivity index (χ0v) is 18.0. The van der Waals surface area contributed by atoms with E-state index in [1.54, 1.807) is 25.3 Å². The lowest BCUT2D eigenvalue weighted by Gasteiger charge is -2.25. The highest BCUT2D eigenvalue weighted by Crippen LogP contribution is 2.20. The van der Waals surface area contributed by atoms with Gasteiger partial charge in [0.05, 0.1) is 7.11 Å². The molecule has 1 aromatic heterocycles. The van der Waals surface area contributed by atoms with Crippen LogP contribution in [0.1, 0.15) is 39.2 Å². The van der Waals surface area contributed by atoms with Crippen LogP contribution < -0.4 is 26.6 Å². The molecule has 1 amide bonds. The monoisotopic (exact) mass is 414 g/mol. The fourth-order valence-corrected chi connectivity index (χ4v) is 3.01. The van der Waals surface area contributed by atoms with E-state index in [1.807, 2.05) is 32.9 Å². The number of hydrogen-bond acceptors (Lipinski definition) is 5. The molecular formula is C22H30N4O4. The van der Waals surface area contributed by atoms with Gasteiger partial charge in [-0.15, -0.1) is 0 Å². The molecule has 0 unspecified atom stereocenters. The standard InChI is InChI=1S/C22H30N4O4/c1-5-6-13-25-20(23)19(21(28)24-22(25)29)26(14-15(2)3)18(27)12-9-16-7-10-17(30-4)11-8-16/h7-12,15H,5-6,13-14,23H2,1-4H3,(H,24,28,29)/b12-9+. The molecule has 162 valence electrons. The van der Waals surface area contributed by atoms with Crippen LogP contribution in [0.4, 0.5) is 11.5 Å². The predicted molar refractivity (Wildman–Crippen MR) is 120 cm³/mol. The van der Waals surface area contributed by atoms with E-state index in [4.69, 9.17) is 10.5 Å². The Morgan fingerprint density at radius 2 is 1.93 bits per heavy atom. The lowest BCUT2D eigenvalue weighted by atomic mass is 10.1. The summed E-state index contributed by atoms with van der Waals surface area (Å²) in [6.45, 7) is 6.52. The third-order valence-electron chi connectivity index (χ3n) is 4.57. The summed E-state index contributed by atoms with van der Waals surface area (Å²) in [7, 11) is 1.58. The molecule has 0 aliphatic heterocycles. The molecule has 0 aliphatic carbocycles. The van der Waals surface area contributed by atoms with Gasteiger partial charge in [-0.05, 0) is 36.1 Å². The minimum Gasteiger partial charge on any atom is -0.497 e. The van der Waals surface area contributed by atoms with Gasteiger partial charge in [0, 0.05) is 19.2 Å². The summed E-state index contributed by atoms with van der Waals surface area (Å²) in [4.78, 5) is 41.4. The second kappa shape index (κ2) is 10.5. The van der Waals surface area contributed by atoms with Crippen LogP contribution in [0.25, 0.3) is 6.08 Å². The van der Waals surface area contributed by atoms with E-state index in [0.717, 1.165) is 18.4 Å². The molecule has 2 rings (SSSR count). The van der Waals surface area contributed by atoms with Crippen molar-refractivity contribution in [2.75, 3.05) is 24.3 Å². The zero-order chi connectivity index (χ0) is 22.3. The summed E-state index contributed by atoms with van der Waals surface area (Å²) in [6, 6.07) is 7.23. The molecule has 1 heterocycles. The maximum Gasteiger partial charge on any atom is 0.330 e. The normalized spacial score (nSPS) is 11.2. The Balaban J connectivity index is 2.43. The number of nitrogens with two attached hydrogens (primary N) is 1. The highest BCUT2D eigenvalue weighted by atomic mass is 16.5. The number of methoxy groups -OCH3 is 1. The first-order valence-electron chi connectivity index (χ1n) is 10.0. The third kappa shape index (κ3) is 5.62. The summed E-state index contributed by atoms with van der Waals surface area (Å²) in [5, 5.41) is 0. The van der Waals surface area contributed by atoms with Crippen LogP contribution in [-0.2, 0) is 11.3 Å². The largest absolute Gasteiger partial charge is 0.497 e. The van der Waals surface area contributed by atoms with Crippen molar-refractivity contribution in [3.63, 3.8) is 0 Å². The smallest absolute Gasteiger partial charge is 0.330 e. The highest BCUT2D eigenvalue weighted by molar-refractivity contribution is 6.05. The number of amides is 1. The van der Waals surface area contributed by atoms with Crippen molar-refractivity contribution in [3.05, 3.63) is 56.7 Å². The second-order valence-electron chi connectivity index (χ2n) is 7.45. The van der Waals surface area contributed by atoms with Gasteiger partial charge >= 0.3 is 5.69 Å². The first-order chi connectivity index (χ1) is 14.3. The maximum atomic E-state index is 13.0. The first-order valence-corrected chi connectivity index (χ1v) is 10.0. The topological polar surface area (TPSA) is 110 Å². The highest BCUT2D eigenvalue weighted by Gasteiger charge is 2.23. The lowest BCUT2D eigenvalue weighted by Crippen LogP contribution is -2.42. The van der Waals surface area contributed by atoms with Crippen LogP contribution in [0.15, 0.2) is 39.9 Å². The first kappa shape index (κ1) is 23.0. The number of nitrogens with one attached hydrogen (secondary N) is 1. The van der Waals surface area contributed by atoms with Gasteiger partial charge in [-0.1, -0.05) is 39.3 Å².